The van der Waals surface area contributed by atoms with E-state index < -0.39 is 5.60 Å². The van der Waals surface area contributed by atoms with E-state index in [0.717, 1.165) is 25.7 Å². The first kappa shape index (κ1) is 24.3. The molecule has 0 heterocycles. The number of fused-ring (bicyclic) bond motifs is 4. The van der Waals surface area contributed by atoms with Gasteiger partial charge in [0.25, 0.3) is 0 Å². The highest BCUT2D eigenvalue weighted by molar-refractivity contribution is 5.39. The highest BCUT2D eigenvalue weighted by atomic mass is 16.3. The lowest BCUT2D eigenvalue weighted by atomic mass is 9.43. The van der Waals surface area contributed by atoms with Crippen LogP contribution in [0.2, 0.25) is 0 Å². The van der Waals surface area contributed by atoms with Gasteiger partial charge in [-0.3, -0.25) is 0 Å². The Morgan fingerprint density at radius 1 is 0.788 bits per heavy atom. The van der Waals surface area contributed by atoms with Crippen molar-refractivity contribution in [3.05, 3.63) is 11.1 Å². The first-order valence-corrected chi connectivity index (χ1v) is 14.0. The number of allylic oxidation sites excluding steroid dienone is 2. The van der Waals surface area contributed by atoms with E-state index in [2.05, 4.69) is 34.6 Å². The predicted molar refractivity (Wildman–Crippen MR) is 134 cm³/mol. The molecule has 3 nitrogen and oxygen atoms in total. The summed E-state index contributed by atoms with van der Waals surface area (Å²) in [5.74, 6) is 1.45. The second kappa shape index (κ2) is 7.32. The summed E-state index contributed by atoms with van der Waals surface area (Å²) in [7, 11) is 0. The van der Waals surface area contributed by atoms with Crippen molar-refractivity contribution in [2.75, 3.05) is 0 Å². The molecule has 0 radical (unpaired) electrons. The SMILES string of the molecule is CC(C)(O)C1CCC(C2CCC3(C)C4=C(CCC23C)C2(C)CCC(O)C(C)(C)C2CC4)C1O. The number of rotatable bonds is 2. The van der Waals surface area contributed by atoms with Crippen LogP contribution in [0.1, 0.15) is 113 Å². The minimum Gasteiger partial charge on any atom is -0.393 e. The van der Waals surface area contributed by atoms with Crippen molar-refractivity contribution >= 4 is 0 Å². The Morgan fingerprint density at radius 2 is 1.48 bits per heavy atom. The zero-order valence-electron chi connectivity index (χ0n) is 22.4. The van der Waals surface area contributed by atoms with Gasteiger partial charge in [0.1, 0.15) is 0 Å². The van der Waals surface area contributed by atoms with Crippen LogP contribution < -0.4 is 0 Å². The quantitative estimate of drug-likeness (QED) is 0.428. The van der Waals surface area contributed by atoms with Gasteiger partial charge in [-0.05, 0) is 117 Å². The lowest BCUT2D eigenvalue weighted by Gasteiger charge is -2.62. The van der Waals surface area contributed by atoms with Crippen molar-refractivity contribution in [1.82, 2.24) is 0 Å². The Labute approximate surface area is 202 Å². The largest absolute Gasteiger partial charge is 0.393 e. The molecule has 9 unspecified atom stereocenters. The van der Waals surface area contributed by atoms with Crippen LogP contribution in [0.25, 0.3) is 0 Å². The summed E-state index contributed by atoms with van der Waals surface area (Å²) in [6, 6.07) is 0. The van der Waals surface area contributed by atoms with Crippen LogP contribution >= 0.6 is 0 Å². The fourth-order valence-electron chi connectivity index (χ4n) is 10.6. The molecule has 5 aliphatic rings. The van der Waals surface area contributed by atoms with Gasteiger partial charge in [0.2, 0.25) is 0 Å². The van der Waals surface area contributed by atoms with Crippen LogP contribution in [-0.2, 0) is 0 Å². The summed E-state index contributed by atoms with van der Waals surface area (Å²) in [5.41, 5.74) is 3.43. The number of aliphatic hydroxyl groups is 3. The molecule has 3 N–H and O–H groups in total. The van der Waals surface area contributed by atoms with Crippen LogP contribution in [0.15, 0.2) is 11.1 Å². The van der Waals surface area contributed by atoms with E-state index in [1.165, 1.54) is 38.5 Å². The molecule has 0 saturated heterocycles. The standard InChI is InChI=1S/C30H50O3/c1-26(2)23-11-10-21-20(28(23,5)15-14-24(26)31)13-17-29(6)19(12-16-30(21,29)7)18-8-9-22(25(18)32)27(3,4)33/h18-19,22-25,31-33H,8-17H2,1-7H3. The smallest absolute Gasteiger partial charge is 0.0644 e. The summed E-state index contributed by atoms with van der Waals surface area (Å²) in [5, 5.41) is 32.8. The highest BCUT2D eigenvalue weighted by Crippen LogP contribution is 2.73. The van der Waals surface area contributed by atoms with Crippen LogP contribution in [0.5, 0.6) is 0 Å². The van der Waals surface area contributed by atoms with E-state index in [-0.39, 0.29) is 39.8 Å². The third-order valence-electron chi connectivity index (χ3n) is 12.9. The van der Waals surface area contributed by atoms with Gasteiger partial charge in [-0.1, -0.05) is 45.8 Å². The van der Waals surface area contributed by atoms with Gasteiger partial charge in [0, 0.05) is 5.92 Å². The second-order valence-electron chi connectivity index (χ2n) is 14.7. The number of aliphatic hydroxyl groups excluding tert-OH is 2. The minimum atomic E-state index is -0.801. The molecule has 0 aromatic heterocycles. The molecule has 188 valence electrons. The van der Waals surface area contributed by atoms with E-state index in [1.807, 2.05) is 13.8 Å². The molecule has 0 aliphatic heterocycles. The Balaban J connectivity index is 1.49. The van der Waals surface area contributed by atoms with Crippen molar-refractivity contribution < 1.29 is 15.3 Å². The molecule has 3 heteroatoms. The second-order valence-corrected chi connectivity index (χ2v) is 14.7. The molecule has 5 rings (SSSR count). The summed E-state index contributed by atoms with van der Waals surface area (Å²) in [6.45, 7) is 16.0. The van der Waals surface area contributed by atoms with Gasteiger partial charge >= 0.3 is 0 Å². The summed E-state index contributed by atoms with van der Waals surface area (Å²) in [6.07, 6.45) is 10.8. The van der Waals surface area contributed by atoms with E-state index in [4.69, 9.17) is 0 Å². The molecular formula is C30H50O3. The molecular weight excluding hydrogens is 408 g/mol. The predicted octanol–water partition coefficient (Wildman–Crippen LogP) is 6.25. The normalized spacial score (nSPS) is 51.8. The molecule has 3 fully saturated rings. The molecule has 5 aliphatic carbocycles. The molecule has 0 aromatic rings. The Kier molecular flexibility index (Phi) is 5.40. The number of hydrogen-bond donors (Lipinski definition) is 3. The van der Waals surface area contributed by atoms with E-state index in [0.29, 0.717) is 17.8 Å². The van der Waals surface area contributed by atoms with Gasteiger partial charge in [0.05, 0.1) is 17.8 Å². The molecule has 33 heavy (non-hydrogen) atoms. The van der Waals surface area contributed by atoms with Gasteiger partial charge < -0.3 is 15.3 Å². The third-order valence-corrected chi connectivity index (χ3v) is 12.9. The van der Waals surface area contributed by atoms with Gasteiger partial charge in [-0.2, -0.15) is 0 Å². The van der Waals surface area contributed by atoms with Crippen LogP contribution in [0.4, 0.5) is 0 Å². The Bertz CT molecular complexity index is 836. The summed E-state index contributed by atoms with van der Waals surface area (Å²) >= 11 is 0. The average Bonchev–Trinajstić information content (AvgIpc) is 3.22. The molecule has 0 amide bonds. The van der Waals surface area contributed by atoms with Gasteiger partial charge in [-0.15, -0.1) is 0 Å². The highest BCUT2D eigenvalue weighted by Gasteiger charge is 2.64. The summed E-state index contributed by atoms with van der Waals surface area (Å²) in [4.78, 5) is 0. The third kappa shape index (κ3) is 3.10. The first-order valence-electron chi connectivity index (χ1n) is 14.0. The van der Waals surface area contributed by atoms with Crippen LogP contribution in [0.3, 0.4) is 0 Å². The van der Waals surface area contributed by atoms with Crippen molar-refractivity contribution in [2.45, 2.75) is 130 Å². The lowest BCUT2D eigenvalue weighted by Crippen LogP contribution is -2.55. The minimum absolute atomic E-state index is 0.00145. The van der Waals surface area contributed by atoms with Gasteiger partial charge in [-0.25, -0.2) is 0 Å². The molecule has 0 aromatic carbocycles. The first-order chi connectivity index (χ1) is 15.2. The van der Waals surface area contributed by atoms with Crippen molar-refractivity contribution in [1.29, 1.82) is 0 Å². The number of hydrogen-bond acceptors (Lipinski definition) is 3. The Morgan fingerprint density at radius 3 is 2.12 bits per heavy atom. The van der Waals surface area contributed by atoms with Gasteiger partial charge in [0.15, 0.2) is 0 Å². The molecule has 3 saturated carbocycles. The van der Waals surface area contributed by atoms with Crippen molar-refractivity contribution in [3.8, 4) is 0 Å². The van der Waals surface area contributed by atoms with Crippen molar-refractivity contribution in [3.63, 3.8) is 0 Å². The van der Waals surface area contributed by atoms with Crippen LogP contribution in [0, 0.1) is 45.3 Å². The monoisotopic (exact) mass is 458 g/mol. The van der Waals surface area contributed by atoms with E-state index >= 15 is 0 Å². The molecule has 0 spiro atoms. The average molecular weight is 459 g/mol. The topological polar surface area (TPSA) is 60.7 Å². The zero-order valence-corrected chi connectivity index (χ0v) is 22.4. The fraction of sp³-hybridized carbons (Fsp3) is 0.933. The molecule has 0 bridgehead atoms. The van der Waals surface area contributed by atoms with E-state index in [9.17, 15) is 15.3 Å². The zero-order chi connectivity index (χ0) is 24.2. The maximum Gasteiger partial charge on any atom is 0.0644 e. The summed E-state index contributed by atoms with van der Waals surface area (Å²) < 4.78 is 0. The Hall–Kier alpha value is -0.380. The van der Waals surface area contributed by atoms with Crippen LogP contribution in [-0.4, -0.2) is 33.1 Å². The maximum atomic E-state index is 11.3. The van der Waals surface area contributed by atoms with E-state index in [1.54, 1.807) is 11.1 Å². The maximum absolute atomic E-state index is 11.3. The van der Waals surface area contributed by atoms with Crippen molar-refractivity contribution in [2.24, 2.45) is 45.3 Å². The molecule has 9 atom stereocenters. The fourth-order valence-corrected chi connectivity index (χ4v) is 10.6. The lowest BCUT2D eigenvalue weighted by molar-refractivity contribution is -0.0981.